The van der Waals surface area contributed by atoms with E-state index in [2.05, 4.69) is 6.58 Å². The lowest BCUT2D eigenvalue weighted by Gasteiger charge is -2.34. The van der Waals surface area contributed by atoms with Crippen LogP contribution in [0.25, 0.3) is 0 Å². The molecule has 0 aromatic carbocycles. The van der Waals surface area contributed by atoms with Gasteiger partial charge in [-0.25, -0.2) is 8.42 Å². The lowest BCUT2D eigenvalue weighted by atomic mass is 10.2. The molecule has 0 N–H and O–H groups in total. The van der Waals surface area contributed by atoms with Crippen molar-refractivity contribution < 1.29 is 17.9 Å². The van der Waals surface area contributed by atoms with Gasteiger partial charge in [0.05, 0.1) is 5.75 Å². The Labute approximate surface area is 114 Å². The van der Waals surface area contributed by atoms with Crippen LogP contribution < -0.4 is 0 Å². The Kier molecular flexibility index (Phi) is 4.59. The van der Waals surface area contributed by atoms with Crippen molar-refractivity contribution in [3.05, 3.63) is 12.7 Å². The molecule has 0 spiro atoms. The molecule has 2 aliphatic heterocycles. The normalized spacial score (nSPS) is 25.5. The van der Waals surface area contributed by atoms with E-state index in [1.807, 2.05) is 0 Å². The molecule has 6 nitrogen and oxygen atoms in total. The van der Waals surface area contributed by atoms with Crippen molar-refractivity contribution in [2.75, 3.05) is 38.5 Å². The van der Waals surface area contributed by atoms with Gasteiger partial charge in [-0.05, 0) is 12.8 Å². The summed E-state index contributed by atoms with van der Waals surface area (Å²) >= 11 is 0. The van der Waals surface area contributed by atoms with Crippen molar-refractivity contribution in [3.63, 3.8) is 0 Å². The first-order valence-electron chi connectivity index (χ1n) is 6.54. The highest BCUT2D eigenvalue weighted by Gasteiger charge is 2.32. The molecular weight excluding hydrogens is 268 g/mol. The van der Waals surface area contributed by atoms with Gasteiger partial charge in [0.15, 0.2) is 0 Å². The Balaban J connectivity index is 1.88. The topological polar surface area (TPSA) is 66.9 Å². The minimum absolute atomic E-state index is 0.00160. The van der Waals surface area contributed by atoms with Crippen LogP contribution in [-0.2, 0) is 19.6 Å². The maximum atomic E-state index is 12.1. The van der Waals surface area contributed by atoms with Crippen molar-refractivity contribution in [2.24, 2.45) is 0 Å². The minimum Gasteiger partial charge on any atom is -0.368 e. The van der Waals surface area contributed by atoms with Crippen molar-refractivity contribution >= 4 is 15.9 Å². The van der Waals surface area contributed by atoms with Crippen LogP contribution >= 0.6 is 0 Å². The molecule has 2 fully saturated rings. The molecule has 1 unspecified atom stereocenters. The second kappa shape index (κ2) is 6.02. The maximum absolute atomic E-state index is 12.1. The van der Waals surface area contributed by atoms with Crippen LogP contribution in [-0.4, -0.2) is 68.2 Å². The fraction of sp³-hybridized carbons (Fsp3) is 0.750. The first kappa shape index (κ1) is 14.5. The van der Waals surface area contributed by atoms with Crippen molar-refractivity contribution in [1.82, 2.24) is 9.21 Å². The second-order valence-electron chi connectivity index (χ2n) is 4.79. The monoisotopic (exact) mass is 288 g/mol. The van der Waals surface area contributed by atoms with Gasteiger partial charge in [-0.3, -0.25) is 4.79 Å². The Hall–Kier alpha value is -0.920. The molecule has 0 saturated carbocycles. The first-order valence-corrected chi connectivity index (χ1v) is 8.14. The SMILES string of the molecule is C=CCS(=O)(=O)N1CCN(C(=O)C2CCCO2)CC1. The summed E-state index contributed by atoms with van der Waals surface area (Å²) < 4.78 is 30.5. The van der Waals surface area contributed by atoms with E-state index >= 15 is 0 Å². The van der Waals surface area contributed by atoms with E-state index in [9.17, 15) is 13.2 Å². The highest BCUT2D eigenvalue weighted by Crippen LogP contribution is 2.16. The summed E-state index contributed by atoms with van der Waals surface area (Å²) in [7, 11) is -3.26. The van der Waals surface area contributed by atoms with Gasteiger partial charge in [-0.2, -0.15) is 4.31 Å². The molecule has 7 heteroatoms. The van der Waals surface area contributed by atoms with Gasteiger partial charge in [-0.1, -0.05) is 6.08 Å². The number of carbonyl (C=O) groups excluding carboxylic acids is 1. The van der Waals surface area contributed by atoms with Crippen LogP contribution in [0.1, 0.15) is 12.8 Å². The van der Waals surface area contributed by atoms with Gasteiger partial charge in [0.2, 0.25) is 10.0 Å². The number of amides is 1. The predicted molar refractivity (Wildman–Crippen MR) is 71.1 cm³/mol. The molecule has 108 valence electrons. The summed E-state index contributed by atoms with van der Waals surface area (Å²) in [5.41, 5.74) is 0. The van der Waals surface area contributed by atoms with E-state index in [-0.39, 0.29) is 17.8 Å². The molecule has 0 bridgehead atoms. The zero-order valence-electron chi connectivity index (χ0n) is 11.0. The van der Waals surface area contributed by atoms with Crippen LogP contribution in [0.3, 0.4) is 0 Å². The van der Waals surface area contributed by atoms with E-state index in [1.165, 1.54) is 10.4 Å². The lowest BCUT2D eigenvalue weighted by Crippen LogP contribution is -2.53. The molecule has 1 amide bonds. The number of rotatable bonds is 4. The van der Waals surface area contributed by atoms with Gasteiger partial charge in [-0.15, -0.1) is 6.58 Å². The lowest BCUT2D eigenvalue weighted by molar-refractivity contribution is -0.142. The molecule has 19 heavy (non-hydrogen) atoms. The number of hydrogen-bond acceptors (Lipinski definition) is 4. The molecule has 2 rings (SSSR count). The van der Waals surface area contributed by atoms with Gasteiger partial charge in [0.1, 0.15) is 6.10 Å². The van der Waals surface area contributed by atoms with Crippen molar-refractivity contribution in [3.8, 4) is 0 Å². The van der Waals surface area contributed by atoms with E-state index in [1.54, 1.807) is 4.90 Å². The summed E-state index contributed by atoms with van der Waals surface area (Å²) in [5, 5.41) is 0. The van der Waals surface area contributed by atoms with Gasteiger partial charge < -0.3 is 9.64 Å². The van der Waals surface area contributed by atoms with E-state index < -0.39 is 10.0 Å². The van der Waals surface area contributed by atoms with E-state index in [0.717, 1.165) is 12.8 Å². The highest BCUT2D eigenvalue weighted by molar-refractivity contribution is 7.89. The maximum Gasteiger partial charge on any atom is 0.251 e. The average Bonchev–Trinajstić information content (AvgIpc) is 2.92. The summed E-state index contributed by atoms with van der Waals surface area (Å²) in [4.78, 5) is 13.8. The molecule has 2 saturated heterocycles. The molecule has 0 radical (unpaired) electrons. The fourth-order valence-corrected chi connectivity index (χ4v) is 3.65. The van der Waals surface area contributed by atoms with E-state index in [0.29, 0.717) is 32.8 Å². The zero-order valence-corrected chi connectivity index (χ0v) is 11.8. The molecule has 0 aliphatic carbocycles. The molecule has 0 aromatic rings. The third-order valence-electron chi connectivity index (χ3n) is 3.48. The number of nitrogens with zero attached hydrogens (tertiary/aromatic N) is 2. The van der Waals surface area contributed by atoms with Gasteiger partial charge in [0, 0.05) is 32.8 Å². The van der Waals surface area contributed by atoms with Gasteiger partial charge in [0.25, 0.3) is 5.91 Å². The fourth-order valence-electron chi connectivity index (χ4n) is 2.42. The molecule has 2 heterocycles. The summed E-state index contributed by atoms with van der Waals surface area (Å²) in [6, 6.07) is 0. The minimum atomic E-state index is -3.26. The average molecular weight is 288 g/mol. The van der Waals surface area contributed by atoms with Crippen LogP contribution in [0.5, 0.6) is 0 Å². The van der Waals surface area contributed by atoms with Gasteiger partial charge >= 0.3 is 0 Å². The summed E-state index contributed by atoms with van der Waals surface area (Å²) in [6.45, 7) is 5.68. The Bertz CT molecular complexity index is 435. The largest absolute Gasteiger partial charge is 0.368 e. The molecule has 2 aliphatic rings. The summed E-state index contributed by atoms with van der Waals surface area (Å²) in [5.74, 6) is -0.0505. The Morgan fingerprint density at radius 1 is 1.32 bits per heavy atom. The smallest absolute Gasteiger partial charge is 0.251 e. The van der Waals surface area contributed by atoms with Crippen molar-refractivity contribution in [1.29, 1.82) is 0 Å². The van der Waals surface area contributed by atoms with Crippen molar-refractivity contribution in [2.45, 2.75) is 18.9 Å². The van der Waals surface area contributed by atoms with Crippen LogP contribution in [0.2, 0.25) is 0 Å². The quantitative estimate of drug-likeness (QED) is 0.673. The number of piperazine rings is 1. The number of carbonyl (C=O) groups is 1. The Morgan fingerprint density at radius 3 is 2.53 bits per heavy atom. The first-order chi connectivity index (χ1) is 9.04. The third-order valence-corrected chi connectivity index (χ3v) is 5.29. The second-order valence-corrected chi connectivity index (χ2v) is 6.81. The number of ether oxygens (including phenoxy) is 1. The van der Waals surface area contributed by atoms with Crippen LogP contribution in [0, 0.1) is 0 Å². The van der Waals surface area contributed by atoms with E-state index in [4.69, 9.17) is 4.74 Å². The van der Waals surface area contributed by atoms with Crippen LogP contribution in [0.15, 0.2) is 12.7 Å². The molecule has 0 aromatic heterocycles. The molecular formula is C12H20N2O4S. The number of sulfonamides is 1. The highest BCUT2D eigenvalue weighted by atomic mass is 32.2. The number of hydrogen-bond donors (Lipinski definition) is 0. The predicted octanol–water partition coefficient (Wildman–Crippen LogP) is -0.175. The standard InChI is InChI=1S/C12H20N2O4S/c1-2-10-19(16,17)14-7-5-13(6-8-14)12(15)11-4-3-9-18-11/h2,11H,1,3-10H2. The molecule has 1 atom stereocenters. The third kappa shape index (κ3) is 3.34. The van der Waals surface area contributed by atoms with Crippen LogP contribution in [0.4, 0.5) is 0 Å². The zero-order chi connectivity index (χ0) is 13.9. The summed E-state index contributed by atoms with van der Waals surface area (Å²) in [6.07, 6.45) is 2.76. The Morgan fingerprint density at radius 2 is 2.00 bits per heavy atom.